The van der Waals surface area contributed by atoms with Gasteiger partial charge in [-0.3, -0.25) is 19.6 Å². The van der Waals surface area contributed by atoms with Gasteiger partial charge in [-0.15, -0.1) is 0 Å². The molecule has 2 heterocycles. The normalized spacial score (nSPS) is 18.4. The lowest BCUT2D eigenvalue weighted by molar-refractivity contribution is -0.130. The SMILES string of the molecule is CC(C)CN(CC(O)CCN1CCN(Cc2cccnc2)C[C@H]1C(=O)NC(C)(C)C)S(=O)(=O)c1ccccc1. The molecule has 39 heavy (non-hydrogen) atoms. The average Bonchev–Trinajstić information content (AvgIpc) is 2.87. The van der Waals surface area contributed by atoms with Crippen molar-refractivity contribution in [2.75, 3.05) is 39.3 Å². The number of aliphatic hydroxyl groups is 1. The molecule has 0 bridgehead atoms. The van der Waals surface area contributed by atoms with Gasteiger partial charge in [-0.2, -0.15) is 4.31 Å². The second-order valence-corrected chi connectivity index (χ2v) is 13.8. The zero-order valence-electron chi connectivity index (χ0n) is 24.0. The van der Waals surface area contributed by atoms with Crippen LogP contribution >= 0.6 is 0 Å². The molecular formula is C29H45N5O4S. The summed E-state index contributed by atoms with van der Waals surface area (Å²) in [6.45, 7) is 13.4. The maximum atomic E-state index is 13.3. The summed E-state index contributed by atoms with van der Waals surface area (Å²) in [5.41, 5.74) is 0.734. The highest BCUT2D eigenvalue weighted by Crippen LogP contribution is 2.19. The Bertz CT molecular complexity index is 1140. The predicted octanol–water partition coefficient (Wildman–Crippen LogP) is 2.58. The Labute approximate surface area is 234 Å². The Morgan fingerprint density at radius 2 is 1.85 bits per heavy atom. The molecule has 1 aliphatic heterocycles. The van der Waals surface area contributed by atoms with Gasteiger partial charge in [0.25, 0.3) is 0 Å². The molecule has 3 rings (SSSR count). The highest BCUT2D eigenvalue weighted by Gasteiger charge is 2.34. The molecule has 1 aliphatic rings. The van der Waals surface area contributed by atoms with Gasteiger partial charge in [0, 0.05) is 63.7 Å². The third-order valence-electron chi connectivity index (χ3n) is 6.62. The maximum absolute atomic E-state index is 13.3. The number of sulfonamides is 1. The number of amides is 1. The van der Waals surface area contributed by atoms with E-state index in [1.165, 1.54) is 4.31 Å². The van der Waals surface area contributed by atoms with E-state index in [1.807, 2.05) is 52.9 Å². The summed E-state index contributed by atoms with van der Waals surface area (Å²) in [7, 11) is -3.73. The molecule has 0 aliphatic carbocycles. The van der Waals surface area contributed by atoms with Gasteiger partial charge < -0.3 is 10.4 Å². The fraction of sp³-hybridized carbons (Fsp3) is 0.586. The number of benzene rings is 1. The van der Waals surface area contributed by atoms with Crippen molar-refractivity contribution in [3.63, 3.8) is 0 Å². The Morgan fingerprint density at radius 1 is 1.13 bits per heavy atom. The zero-order chi connectivity index (χ0) is 28.6. The van der Waals surface area contributed by atoms with Gasteiger partial charge in [0.1, 0.15) is 6.04 Å². The molecule has 2 N–H and O–H groups in total. The minimum Gasteiger partial charge on any atom is -0.392 e. The smallest absolute Gasteiger partial charge is 0.243 e. The van der Waals surface area contributed by atoms with Gasteiger partial charge in [0.05, 0.1) is 11.0 Å². The summed E-state index contributed by atoms with van der Waals surface area (Å²) in [6, 6.07) is 11.9. The number of aliphatic hydroxyl groups excluding tert-OH is 1. The van der Waals surface area contributed by atoms with Crippen molar-refractivity contribution in [3.05, 3.63) is 60.4 Å². The Balaban J connectivity index is 1.67. The number of nitrogens with zero attached hydrogens (tertiary/aromatic N) is 4. The first-order chi connectivity index (χ1) is 18.3. The van der Waals surface area contributed by atoms with Gasteiger partial charge >= 0.3 is 0 Å². The summed E-state index contributed by atoms with van der Waals surface area (Å²) in [6.07, 6.45) is 3.10. The van der Waals surface area contributed by atoms with Gasteiger partial charge in [-0.05, 0) is 56.9 Å². The van der Waals surface area contributed by atoms with E-state index in [0.29, 0.717) is 39.1 Å². The summed E-state index contributed by atoms with van der Waals surface area (Å²) in [5.74, 6) is 0.0648. The minimum atomic E-state index is -3.73. The molecule has 9 nitrogen and oxygen atoms in total. The number of aromatic nitrogens is 1. The van der Waals surface area contributed by atoms with E-state index in [2.05, 4.69) is 20.1 Å². The molecule has 1 saturated heterocycles. The molecule has 1 unspecified atom stereocenters. The highest BCUT2D eigenvalue weighted by molar-refractivity contribution is 7.89. The topological polar surface area (TPSA) is 106 Å². The molecule has 0 radical (unpaired) electrons. The van der Waals surface area contributed by atoms with Crippen LogP contribution in [0.4, 0.5) is 0 Å². The molecule has 2 atom stereocenters. The van der Waals surface area contributed by atoms with Crippen molar-refractivity contribution in [1.29, 1.82) is 0 Å². The predicted molar refractivity (Wildman–Crippen MR) is 153 cm³/mol. The van der Waals surface area contributed by atoms with E-state index in [4.69, 9.17) is 0 Å². The van der Waals surface area contributed by atoms with E-state index in [9.17, 15) is 18.3 Å². The first kappa shape index (κ1) is 31.2. The molecule has 0 saturated carbocycles. The molecule has 216 valence electrons. The lowest BCUT2D eigenvalue weighted by Crippen LogP contribution is -2.61. The van der Waals surface area contributed by atoms with Crippen LogP contribution in [-0.2, 0) is 21.4 Å². The monoisotopic (exact) mass is 559 g/mol. The van der Waals surface area contributed by atoms with E-state index in [-0.39, 0.29) is 34.8 Å². The van der Waals surface area contributed by atoms with Crippen molar-refractivity contribution >= 4 is 15.9 Å². The largest absolute Gasteiger partial charge is 0.392 e. The second kappa shape index (κ2) is 13.8. The summed E-state index contributed by atoms with van der Waals surface area (Å²) in [5, 5.41) is 14.1. The summed E-state index contributed by atoms with van der Waals surface area (Å²) in [4.78, 5) is 22.1. The van der Waals surface area contributed by atoms with Crippen molar-refractivity contribution in [2.45, 2.75) is 70.2 Å². The first-order valence-corrected chi connectivity index (χ1v) is 15.2. The fourth-order valence-electron chi connectivity index (χ4n) is 4.80. The number of hydrogen-bond acceptors (Lipinski definition) is 7. The number of carbonyl (C=O) groups is 1. The zero-order valence-corrected chi connectivity index (χ0v) is 24.8. The van der Waals surface area contributed by atoms with Crippen molar-refractivity contribution in [2.24, 2.45) is 5.92 Å². The van der Waals surface area contributed by atoms with Gasteiger partial charge in [0.2, 0.25) is 15.9 Å². The lowest BCUT2D eigenvalue weighted by Gasteiger charge is -2.42. The average molecular weight is 560 g/mol. The third-order valence-corrected chi connectivity index (χ3v) is 8.46. The minimum absolute atomic E-state index is 0.00916. The van der Waals surface area contributed by atoms with Gasteiger partial charge in [-0.25, -0.2) is 8.42 Å². The first-order valence-electron chi connectivity index (χ1n) is 13.8. The summed E-state index contributed by atoms with van der Waals surface area (Å²) < 4.78 is 28.0. The lowest BCUT2D eigenvalue weighted by atomic mass is 10.0. The Morgan fingerprint density at radius 3 is 2.46 bits per heavy atom. The molecule has 1 aromatic carbocycles. The van der Waals surface area contributed by atoms with E-state index >= 15 is 0 Å². The van der Waals surface area contributed by atoms with Crippen LogP contribution in [0.1, 0.15) is 46.6 Å². The molecule has 10 heteroatoms. The van der Waals surface area contributed by atoms with Gasteiger partial charge in [0.15, 0.2) is 0 Å². The van der Waals surface area contributed by atoms with Crippen LogP contribution in [0.3, 0.4) is 0 Å². The maximum Gasteiger partial charge on any atom is 0.243 e. The quantitative estimate of drug-likeness (QED) is 0.412. The number of carbonyl (C=O) groups excluding carboxylic acids is 1. The number of pyridine rings is 1. The summed E-state index contributed by atoms with van der Waals surface area (Å²) >= 11 is 0. The molecule has 2 aromatic rings. The van der Waals surface area contributed by atoms with E-state index < -0.39 is 16.1 Å². The van der Waals surface area contributed by atoms with E-state index in [1.54, 1.807) is 36.5 Å². The molecule has 0 spiro atoms. The fourth-order valence-corrected chi connectivity index (χ4v) is 6.46. The third kappa shape index (κ3) is 9.65. The number of hydrogen-bond donors (Lipinski definition) is 2. The number of piperazine rings is 1. The van der Waals surface area contributed by atoms with Crippen LogP contribution < -0.4 is 5.32 Å². The van der Waals surface area contributed by atoms with Crippen molar-refractivity contribution in [1.82, 2.24) is 24.4 Å². The van der Waals surface area contributed by atoms with Crippen molar-refractivity contribution < 1.29 is 18.3 Å². The number of rotatable bonds is 12. The van der Waals surface area contributed by atoms with Crippen LogP contribution in [-0.4, -0.2) is 95.5 Å². The molecule has 1 fully saturated rings. The van der Waals surface area contributed by atoms with E-state index in [0.717, 1.165) is 12.1 Å². The highest BCUT2D eigenvalue weighted by atomic mass is 32.2. The number of nitrogens with one attached hydrogen (secondary N) is 1. The molecular weight excluding hydrogens is 514 g/mol. The molecule has 1 amide bonds. The standard InChI is InChI=1S/C29H45N5O4S/c1-23(2)19-34(39(37,38)26-11-7-6-8-12-26)21-25(35)13-15-33-17-16-32(20-24-10-9-14-30-18-24)22-27(33)28(36)31-29(3,4)5/h6-12,14,18,23,25,27,35H,13,15-17,19-22H2,1-5H3,(H,31,36)/t25?,27-/m0/s1. The van der Waals surface area contributed by atoms with Gasteiger partial charge in [-0.1, -0.05) is 38.1 Å². The van der Waals surface area contributed by atoms with Crippen LogP contribution in [0.25, 0.3) is 0 Å². The Kier molecular flexibility index (Phi) is 11.0. The second-order valence-electron chi connectivity index (χ2n) is 11.9. The molecule has 1 aromatic heterocycles. The van der Waals surface area contributed by atoms with Crippen LogP contribution in [0.15, 0.2) is 59.8 Å². The van der Waals surface area contributed by atoms with Crippen molar-refractivity contribution in [3.8, 4) is 0 Å². The van der Waals surface area contributed by atoms with Crippen LogP contribution in [0.5, 0.6) is 0 Å². The van der Waals surface area contributed by atoms with Crippen LogP contribution in [0.2, 0.25) is 0 Å². The van der Waals surface area contributed by atoms with Crippen LogP contribution in [0, 0.1) is 5.92 Å². The Hall–Kier alpha value is -2.37.